The molecule has 0 aromatic carbocycles. The molecule has 2 saturated carbocycles. The molecule has 11 heavy (non-hydrogen) atoms. The highest BCUT2D eigenvalue weighted by atomic mass is 16.1. The molecular weight excluding hydrogens is 136 g/mol. The zero-order valence-corrected chi connectivity index (χ0v) is 6.49. The lowest BCUT2D eigenvalue weighted by atomic mass is 9.82. The largest absolute Gasteiger partial charge is 0.299 e. The smallest absolute Gasteiger partial charge is 0.139 e. The molecule has 0 aromatic heterocycles. The monoisotopic (exact) mass is 148 g/mol. The summed E-state index contributed by atoms with van der Waals surface area (Å²) in [4.78, 5) is 11.5. The minimum atomic E-state index is 0.434. The quantitative estimate of drug-likeness (QED) is 0.479. The van der Waals surface area contributed by atoms with Crippen LogP contribution in [0.3, 0.4) is 0 Å². The lowest BCUT2D eigenvalue weighted by molar-refractivity contribution is -0.121. The highest BCUT2D eigenvalue weighted by molar-refractivity contribution is 5.89. The molecule has 4 unspecified atom stereocenters. The van der Waals surface area contributed by atoms with E-state index < -0.39 is 0 Å². The third-order valence-corrected chi connectivity index (χ3v) is 3.76. The van der Waals surface area contributed by atoms with Crippen molar-refractivity contribution in [3.63, 3.8) is 0 Å². The highest BCUT2D eigenvalue weighted by Crippen LogP contribution is 2.53. The summed E-state index contributed by atoms with van der Waals surface area (Å²) in [6.07, 6.45) is 8.10. The van der Waals surface area contributed by atoms with Gasteiger partial charge in [-0.25, -0.2) is 0 Å². The maximum Gasteiger partial charge on any atom is 0.139 e. The molecule has 4 atom stereocenters. The SMILES string of the molecule is O=C1C2CCC1C1CC=CC21. The van der Waals surface area contributed by atoms with Gasteiger partial charge in [0.15, 0.2) is 0 Å². The number of carbonyl (C=O) groups is 1. The van der Waals surface area contributed by atoms with Crippen LogP contribution in [-0.2, 0) is 4.79 Å². The van der Waals surface area contributed by atoms with Gasteiger partial charge in [-0.1, -0.05) is 12.2 Å². The molecule has 58 valence electrons. The Morgan fingerprint density at radius 2 is 2.09 bits per heavy atom. The van der Waals surface area contributed by atoms with Gasteiger partial charge in [0.2, 0.25) is 0 Å². The minimum absolute atomic E-state index is 0.434. The third kappa shape index (κ3) is 0.559. The lowest BCUT2D eigenvalue weighted by Crippen LogP contribution is -2.16. The number of ketones is 1. The Hall–Kier alpha value is -0.590. The molecule has 3 aliphatic carbocycles. The summed E-state index contributed by atoms with van der Waals surface area (Å²) in [6, 6.07) is 0. The van der Waals surface area contributed by atoms with Crippen molar-refractivity contribution in [2.45, 2.75) is 19.3 Å². The van der Waals surface area contributed by atoms with Gasteiger partial charge in [0.25, 0.3) is 0 Å². The normalized spacial score (nSPS) is 52.2. The van der Waals surface area contributed by atoms with Crippen molar-refractivity contribution in [1.29, 1.82) is 0 Å². The number of hydrogen-bond donors (Lipinski definition) is 0. The van der Waals surface area contributed by atoms with E-state index in [2.05, 4.69) is 12.2 Å². The number of allylic oxidation sites excluding steroid dienone is 2. The van der Waals surface area contributed by atoms with Crippen LogP contribution in [0.25, 0.3) is 0 Å². The molecule has 0 N–H and O–H groups in total. The average Bonchev–Trinajstić information content (AvgIpc) is 2.61. The second-order valence-electron chi connectivity index (χ2n) is 4.10. The first-order chi connectivity index (χ1) is 5.38. The Balaban J connectivity index is 2.04. The summed E-state index contributed by atoms with van der Waals surface area (Å²) < 4.78 is 0. The fourth-order valence-electron chi connectivity index (χ4n) is 3.28. The van der Waals surface area contributed by atoms with Crippen LogP contribution in [0.5, 0.6) is 0 Å². The number of fused-ring (bicyclic) bond motifs is 5. The molecule has 0 amide bonds. The summed E-state index contributed by atoms with van der Waals surface area (Å²) in [6.45, 7) is 0. The van der Waals surface area contributed by atoms with E-state index >= 15 is 0 Å². The van der Waals surface area contributed by atoms with E-state index in [1.165, 1.54) is 19.3 Å². The topological polar surface area (TPSA) is 17.1 Å². The number of Topliss-reactive ketones (excluding diaryl/α,β-unsaturated/α-hetero) is 1. The first-order valence-electron chi connectivity index (χ1n) is 4.58. The molecule has 1 nitrogen and oxygen atoms in total. The van der Waals surface area contributed by atoms with Gasteiger partial charge in [-0.15, -0.1) is 0 Å². The van der Waals surface area contributed by atoms with Crippen molar-refractivity contribution in [3.8, 4) is 0 Å². The van der Waals surface area contributed by atoms with Crippen LogP contribution in [0.2, 0.25) is 0 Å². The van der Waals surface area contributed by atoms with E-state index in [0.29, 0.717) is 23.5 Å². The summed E-state index contributed by atoms with van der Waals surface area (Å²) in [5.74, 6) is 2.86. The summed E-state index contributed by atoms with van der Waals surface area (Å²) >= 11 is 0. The fraction of sp³-hybridized carbons (Fsp3) is 0.700. The molecule has 3 rings (SSSR count). The molecule has 0 heterocycles. The fourth-order valence-corrected chi connectivity index (χ4v) is 3.28. The Morgan fingerprint density at radius 1 is 1.27 bits per heavy atom. The average molecular weight is 148 g/mol. The van der Waals surface area contributed by atoms with E-state index in [-0.39, 0.29) is 0 Å². The predicted molar refractivity (Wildman–Crippen MR) is 42.0 cm³/mol. The molecule has 0 saturated heterocycles. The number of rotatable bonds is 0. The second kappa shape index (κ2) is 1.77. The van der Waals surface area contributed by atoms with Gasteiger partial charge < -0.3 is 0 Å². The van der Waals surface area contributed by atoms with Crippen LogP contribution < -0.4 is 0 Å². The van der Waals surface area contributed by atoms with Gasteiger partial charge in [-0.3, -0.25) is 4.79 Å². The number of hydrogen-bond acceptors (Lipinski definition) is 1. The molecule has 2 fully saturated rings. The summed E-state index contributed by atoms with van der Waals surface area (Å²) in [5.41, 5.74) is 0. The molecule has 1 heteroatoms. The van der Waals surface area contributed by atoms with E-state index in [0.717, 1.165) is 5.92 Å². The maximum atomic E-state index is 11.5. The van der Waals surface area contributed by atoms with Crippen LogP contribution >= 0.6 is 0 Å². The minimum Gasteiger partial charge on any atom is -0.299 e. The molecule has 0 aliphatic heterocycles. The van der Waals surface area contributed by atoms with Gasteiger partial charge in [-0.2, -0.15) is 0 Å². The van der Waals surface area contributed by atoms with Crippen LogP contribution in [-0.4, -0.2) is 5.78 Å². The summed E-state index contributed by atoms with van der Waals surface area (Å²) in [7, 11) is 0. The van der Waals surface area contributed by atoms with Gasteiger partial charge in [0.1, 0.15) is 5.78 Å². The van der Waals surface area contributed by atoms with Crippen molar-refractivity contribution in [3.05, 3.63) is 12.2 Å². The third-order valence-electron chi connectivity index (χ3n) is 3.76. The molecular formula is C10H12O. The van der Waals surface area contributed by atoms with E-state index in [9.17, 15) is 4.79 Å². The Morgan fingerprint density at radius 3 is 2.91 bits per heavy atom. The molecule has 0 spiro atoms. The van der Waals surface area contributed by atoms with Crippen LogP contribution in [0.15, 0.2) is 12.2 Å². The Labute approximate surface area is 66.5 Å². The van der Waals surface area contributed by atoms with Gasteiger partial charge >= 0.3 is 0 Å². The van der Waals surface area contributed by atoms with Crippen molar-refractivity contribution in [2.75, 3.05) is 0 Å². The van der Waals surface area contributed by atoms with Crippen LogP contribution in [0, 0.1) is 23.7 Å². The van der Waals surface area contributed by atoms with E-state index in [1.807, 2.05) is 0 Å². The molecule has 3 aliphatic rings. The van der Waals surface area contributed by atoms with Crippen molar-refractivity contribution in [2.24, 2.45) is 23.7 Å². The number of carbonyl (C=O) groups excluding carboxylic acids is 1. The van der Waals surface area contributed by atoms with Crippen LogP contribution in [0.1, 0.15) is 19.3 Å². The Bertz CT molecular complexity index is 241. The molecule has 0 radical (unpaired) electrons. The second-order valence-corrected chi connectivity index (χ2v) is 4.10. The van der Waals surface area contributed by atoms with E-state index in [1.54, 1.807) is 0 Å². The van der Waals surface area contributed by atoms with Gasteiger partial charge in [0.05, 0.1) is 0 Å². The lowest BCUT2D eigenvalue weighted by Gasteiger charge is -2.21. The van der Waals surface area contributed by atoms with Gasteiger partial charge in [-0.05, 0) is 31.1 Å². The van der Waals surface area contributed by atoms with Crippen molar-refractivity contribution in [1.82, 2.24) is 0 Å². The first kappa shape index (κ1) is 5.99. The molecule has 2 bridgehead atoms. The zero-order chi connectivity index (χ0) is 7.42. The summed E-state index contributed by atoms with van der Waals surface area (Å²) in [5, 5.41) is 0. The Kier molecular flexibility index (Phi) is 0.961. The van der Waals surface area contributed by atoms with Crippen LogP contribution in [0.4, 0.5) is 0 Å². The molecule has 0 aromatic rings. The maximum absolute atomic E-state index is 11.5. The first-order valence-corrected chi connectivity index (χ1v) is 4.58. The van der Waals surface area contributed by atoms with Crippen molar-refractivity contribution < 1.29 is 4.79 Å². The van der Waals surface area contributed by atoms with Crippen molar-refractivity contribution >= 4 is 5.78 Å². The van der Waals surface area contributed by atoms with E-state index in [4.69, 9.17) is 0 Å². The zero-order valence-electron chi connectivity index (χ0n) is 6.49. The predicted octanol–water partition coefficient (Wildman–Crippen LogP) is 1.79. The standard InChI is InChI=1S/C10H12O/c11-10-8-4-5-9(10)7-3-1-2-6(7)8/h1-2,6-9H,3-5H2. The van der Waals surface area contributed by atoms with Gasteiger partial charge in [0, 0.05) is 11.8 Å². The highest BCUT2D eigenvalue weighted by Gasteiger charge is 2.53.